The molecule has 1 N–H and O–H groups in total. The van der Waals surface area contributed by atoms with Crippen LogP contribution in [0.1, 0.15) is 35.8 Å². The molecule has 3 rings (SSSR count). The summed E-state index contributed by atoms with van der Waals surface area (Å²) in [6, 6.07) is 10.5. The molecule has 144 valence electrons. The van der Waals surface area contributed by atoms with E-state index in [4.69, 9.17) is 14.2 Å². The smallest absolute Gasteiger partial charge is 0.338 e. The average molecular weight is 391 g/mol. The van der Waals surface area contributed by atoms with Crippen molar-refractivity contribution >= 4 is 16.0 Å². The highest BCUT2D eigenvalue weighted by atomic mass is 32.2. The van der Waals surface area contributed by atoms with Crippen LogP contribution in [0, 0.1) is 0 Å². The molecule has 27 heavy (non-hydrogen) atoms. The maximum atomic E-state index is 12.6. The third-order valence-electron chi connectivity index (χ3n) is 4.07. The number of fused-ring (bicyclic) bond motifs is 1. The Kier molecular flexibility index (Phi) is 5.67. The lowest BCUT2D eigenvalue weighted by Gasteiger charge is -2.21. The summed E-state index contributed by atoms with van der Waals surface area (Å²) in [6.07, 6.45) is 0. The van der Waals surface area contributed by atoms with Crippen LogP contribution >= 0.6 is 0 Å². The number of sulfonamides is 1. The topological polar surface area (TPSA) is 90.9 Å². The van der Waals surface area contributed by atoms with Crippen LogP contribution in [0.3, 0.4) is 0 Å². The molecule has 0 saturated heterocycles. The second-order valence-electron chi connectivity index (χ2n) is 5.99. The molecule has 1 aliphatic heterocycles. The maximum Gasteiger partial charge on any atom is 0.338 e. The molecule has 0 aromatic heterocycles. The van der Waals surface area contributed by atoms with Crippen LogP contribution in [0.2, 0.25) is 0 Å². The Morgan fingerprint density at radius 3 is 2.44 bits per heavy atom. The highest BCUT2D eigenvalue weighted by Gasteiger charge is 2.21. The number of carbonyl (C=O) groups is 1. The van der Waals surface area contributed by atoms with Crippen LogP contribution in [-0.2, 0) is 14.8 Å². The van der Waals surface area contributed by atoms with Crippen molar-refractivity contribution in [2.45, 2.75) is 24.8 Å². The molecule has 2 aromatic rings. The molecular formula is C19H21NO6S. The number of hydrogen-bond acceptors (Lipinski definition) is 6. The zero-order chi connectivity index (χ0) is 19.4. The first-order valence-corrected chi connectivity index (χ1v) is 10.1. The van der Waals surface area contributed by atoms with E-state index in [2.05, 4.69) is 4.72 Å². The standard InChI is InChI=1S/C19H21NO6S/c1-3-24-19(21)14-4-7-16(8-5-14)27(22,23)20-13(2)15-6-9-17-18(12-15)26-11-10-25-17/h4-9,12-13,20H,3,10-11H2,1-2H3/t13-/m0/s1. The van der Waals surface area contributed by atoms with Crippen molar-refractivity contribution in [1.82, 2.24) is 4.72 Å². The average Bonchev–Trinajstić information content (AvgIpc) is 2.67. The Morgan fingerprint density at radius 2 is 1.78 bits per heavy atom. The number of ether oxygens (including phenoxy) is 3. The van der Waals surface area contributed by atoms with Gasteiger partial charge < -0.3 is 14.2 Å². The summed E-state index contributed by atoms with van der Waals surface area (Å²) < 4.78 is 43.8. The molecule has 2 aromatic carbocycles. The minimum absolute atomic E-state index is 0.0694. The monoisotopic (exact) mass is 391 g/mol. The minimum atomic E-state index is -3.76. The molecule has 0 saturated carbocycles. The summed E-state index contributed by atoms with van der Waals surface area (Å²) in [5.74, 6) is 0.761. The third kappa shape index (κ3) is 4.40. The number of rotatable bonds is 6. The van der Waals surface area contributed by atoms with E-state index < -0.39 is 22.0 Å². The lowest BCUT2D eigenvalue weighted by Crippen LogP contribution is -2.27. The highest BCUT2D eigenvalue weighted by molar-refractivity contribution is 7.89. The van der Waals surface area contributed by atoms with E-state index in [0.29, 0.717) is 30.3 Å². The van der Waals surface area contributed by atoms with E-state index in [-0.39, 0.29) is 11.5 Å². The van der Waals surface area contributed by atoms with Crippen LogP contribution in [0.25, 0.3) is 0 Å². The molecule has 1 heterocycles. The third-order valence-corrected chi connectivity index (χ3v) is 5.63. The SMILES string of the molecule is CCOC(=O)c1ccc(S(=O)(=O)N[C@@H](C)c2ccc3c(c2)OCCO3)cc1. The van der Waals surface area contributed by atoms with Gasteiger partial charge in [0.25, 0.3) is 0 Å². The van der Waals surface area contributed by atoms with E-state index in [1.165, 1.54) is 24.3 Å². The highest BCUT2D eigenvalue weighted by Crippen LogP contribution is 2.32. The minimum Gasteiger partial charge on any atom is -0.486 e. The Morgan fingerprint density at radius 1 is 1.11 bits per heavy atom. The molecule has 8 heteroatoms. The second-order valence-corrected chi connectivity index (χ2v) is 7.70. The fraction of sp³-hybridized carbons (Fsp3) is 0.316. The predicted molar refractivity (Wildman–Crippen MR) is 98.6 cm³/mol. The van der Waals surface area contributed by atoms with Gasteiger partial charge in [-0.3, -0.25) is 0 Å². The molecule has 7 nitrogen and oxygen atoms in total. The maximum absolute atomic E-state index is 12.6. The van der Waals surface area contributed by atoms with E-state index in [9.17, 15) is 13.2 Å². The normalized spacial score (nSPS) is 14.4. The van der Waals surface area contributed by atoms with Gasteiger partial charge in [0.05, 0.1) is 17.1 Å². The van der Waals surface area contributed by atoms with Gasteiger partial charge in [-0.2, -0.15) is 0 Å². The van der Waals surface area contributed by atoms with Crippen LogP contribution in [-0.4, -0.2) is 34.2 Å². The Labute approximate surface area is 158 Å². The van der Waals surface area contributed by atoms with Gasteiger partial charge in [0.2, 0.25) is 10.0 Å². The van der Waals surface area contributed by atoms with Crippen molar-refractivity contribution in [1.29, 1.82) is 0 Å². The number of esters is 1. The fourth-order valence-corrected chi connectivity index (χ4v) is 3.91. The predicted octanol–water partition coefficient (Wildman–Crippen LogP) is 2.67. The number of benzene rings is 2. The molecule has 0 amide bonds. The Balaban J connectivity index is 1.74. The first-order valence-electron chi connectivity index (χ1n) is 8.60. The van der Waals surface area contributed by atoms with Gasteiger partial charge in [-0.05, 0) is 55.8 Å². The number of carbonyl (C=O) groups excluding carboxylic acids is 1. The van der Waals surface area contributed by atoms with Crippen LogP contribution in [0.5, 0.6) is 11.5 Å². The van der Waals surface area contributed by atoms with E-state index in [1.807, 2.05) is 0 Å². The first kappa shape index (κ1) is 19.2. The molecule has 0 aliphatic carbocycles. The summed E-state index contributed by atoms with van der Waals surface area (Å²) in [6.45, 7) is 4.67. The molecule has 1 aliphatic rings. The van der Waals surface area contributed by atoms with Crippen molar-refractivity contribution < 1.29 is 27.4 Å². The van der Waals surface area contributed by atoms with Crippen LogP contribution < -0.4 is 14.2 Å². The molecule has 1 atom stereocenters. The quantitative estimate of drug-likeness (QED) is 0.762. The molecule has 0 radical (unpaired) electrons. The van der Waals surface area contributed by atoms with Crippen LogP contribution in [0.15, 0.2) is 47.4 Å². The zero-order valence-corrected chi connectivity index (χ0v) is 15.9. The number of hydrogen-bond donors (Lipinski definition) is 1. The Bertz CT molecular complexity index is 924. The van der Waals surface area contributed by atoms with E-state index >= 15 is 0 Å². The largest absolute Gasteiger partial charge is 0.486 e. The lowest BCUT2D eigenvalue weighted by molar-refractivity contribution is 0.0526. The van der Waals surface area contributed by atoms with Crippen molar-refractivity contribution in [2.24, 2.45) is 0 Å². The van der Waals surface area contributed by atoms with Gasteiger partial charge in [-0.1, -0.05) is 6.07 Å². The molecule has 0 unspecified atom stereocenters. The molecule has 0 bridgehead atoms. The van der Waals surface area contributed by atoms with Gasteiger partial charge in [-0.15, -0.1) is 0 Å². The van der Waals surface area contributed by atoms with Crippen molar-refractivity contribution in [3.05, 3.63) is 53.6 Å². The van der Waals surface area contributed by atoms with Gasteiger partial charge in [0, 0.05) is 6.04 Å². The number of nitrogens with one attached hydrogen (secondary N) is 1. The van der Waals surface area contributed by atoms with Crippen molar-refractivity contribution in [3.8, 4) is 11.5 Å². The fourth-order valence-electron chi connectivity index (χ4n) is 2.68. The Hall–Kier alpha value is -2.58. The zero-order valence-electron chi connectivity index (χ0n) is 15.1. The van der Waals surface area contributed by atoms with E-state index in [1.54, 1.807) is 32.0 Å². The first-order chi connectivity index (χ1) is 12.9. The second kappa shape index (κ2) is 7.98. The summed E-state index contributed by atoms with van der Waals surface area (Å²) in [4.78, 5) is 11.7. The van der Waals surface area contributed by atoms with Gasteiger partial charge in [0.15, 0.2) is 11.5 Å². The van der Waals surface area contributed by atoms with Crippen molar-refractivity contribution in [2.75, 3.05) is 19.8 Å². The summed E-state index contributed by atoms with van der Waals surface area (Å²) >= 11 is 0. The summed E-state index contributed by atoms with van der Waals surface area (Å²) in [5, 5.41) is 0. The van der Waals surface area contributed by atoms with Gasteiger partial charge in [-0.25, -0.2) is 17.9 Å². The summed E-state index contributed by atoms with van der Waals surface area (Å²) in [7, 11) is -3.76. The van der Waals surface area contributed by atoms with Gasteiger partial charge in [0.1, 0.15) is 13.2 Å². The van der Waals surface area contributed by atoms with Crippen LogP contribution in [0.4, 0.5) is 0 Å². The molecular weight excluding hydrogens is 370 g/mol. The van der Waals surface area contributed by atoms with Crippen molar-refractivity contribution in [3.63, 3.8) is 0 Å². The summed E-state index contributed by atoms with van der Waals surface area (Å²) in [5.41, 5.74) is 1.06. The molecule has 0 spiro atoms. The molecule has 0 fully saturated rings. The van der Waals surface area contributed by atoms with E-state index in [0.717, 1.165) is 5.56 Å². The van der Waals surface area contributed by atoms with Gasteiger partial charge >= 0.3 is 5.97 Å². The lowest BCUT2D eigenvalue weighted by atomic mass is 10.1.